The van der Waals surface area contributed by atoms with Gasteiger partial charge in [0.15, 0.2) is 0 Å². The maximum absolute atomic E-state index is 13.3. The zero-order valence-corrected chi connectivity index (χ0v) is 9.52. The summed E-state index contributed by atoms with van der Waals surface area (Å²) in [6, 6.07) is 4.68. The summed E-state index contributed by atoms with van der Waals surface area (Å²) in [7, 11) is 1.45. The van der Waals surface area contributed by atoms with Gasteiger partial charge in [0.2, 0.25) is 0 Å². The second-order valence-electron chi connectivity index (χ2n) is 4.02. The molecule has 0 bridgehead atoms. The molecule has 1 saturated carbocycles. The molecular formula is C11H12ClF2NO. The quantitative estimate of drug-likeness (QED) is 0.891. The molecule has 0 spiro atoms. The molecule has 1 aliphatic carbocycles. The molecule has 0 heterocycles. The van der Waals surface area contributed by atoms with Crippen LogP contribution in [0, 0.1) is 0 Å². The molecule has 2 nitrogen and oxygen atoms in total. The van der Waals surface area contributed by atoms with Gasteiger partial charge in [-0.3, -0.25) is 0 Å². The molecule has 0 saturated heterocycles. The lowest BCUT2D eigenvalue weighted by Gasteiger charge is -2.15. The second-order valence-corrected chi connectivity index (χ2v) is 4.42. The zero-order chi connectivity index (χ0) is 12.0. The molecule has 0 aromatic heterocycles. The summed E-state index contributed by atoms with van der Waals surface area (Å²) in [6.07, 6.45) is -0.207. The van der Waals surface area contributed by atoms with E-state index in [4.69, 9.17) is 22.1 Å². The van der Waals surface area contributed by atoms with Crippen LogP contribution in [0.15, 0.2) is 18.2 Å². The fourth-order valence-corrected chi connectivity index (χ4v) is 2.14. The van der Waals surface area contributed by atoms with Crippen molar-refractivity contribution in [1.82, 2.24) is 0 Å². The number of benzene rings is 1. The third-order valence-corrected chi connectivity index (χ3v) is 3.46. The van der Waals surface area contributed by atoms with Gasteiger partial charge in [-0.1, -0.05) is 17.7 Å². The molecule has 1 unspecified atom stereocenters. The van der Waals surface area contributed by atoms with Crippen LogP contribution in [0.1, 0.15) is 12.0 Å². The predicted octanol–water partition coefficient (Wildman–Crippen LogP) is 2.58. The fourth-order valence-electron chi connectivity index (χ4n) is 1.94. The predicted molar refractivity (Wildman–Crippen MR) is 58.3 cm³/mol. The Kier molecular flexibility index (Phi) is 2.59. The second kappa shape index (κ2) is 3.57. The summed E-state index contributed by atoms with van der Waals surface area (Å²) in [5, 5.41) is 0.405. The van der Waals surface area contributed by atoms with Crippen LogP contribution in [-0.4, -0.2) is 19.6 Å². The van der Waals surface area contributed by atoms with Crippen LogP contribution in [0.4, 0.5) is 8.78 Å². The summed E-state index contributed by atoms with van der Waals surface area (Å²) in [4.78, 5) is 0. The molecule has 2 rings (SSSR count). The van der Waals surface area contributed by atoms with E-state index in [1.165, 1.54) is 13.2 Å². The van der Waals surface area contributed by atoms with Crippen molar-refractivity contribution in [3.05, 3.63) is 28.8 Å². The van der Waals surface area contributed by atoms with Crippen molar-refractivity contribution in [3.63, 3.8) is 0 Å². The van der Waals surface area contributed by atoms with Gasteiger partial charge < -0.3 is 10.5 Å². The Labute approximate surface area is 97.3 Å². The Morgan fingerprint density at radius 3 is 2.56 bits per heavy atom. The van der Waals surface area contributed by atoms with E-state index in [1.54, 1.807) is 12.1 Å². The molecule has 2 N–H and O–H groups in total. The number of hydrogen-bond acceptors (Lipinski definition) is 2. The average Bonchev–Trinajstić information content (AvgIpc) is 2.83. The standard InChI is InChI=1S/C11H12ClF2NO/c1-16-9-4-7(2-3-8(9)12)10(6-15)5-11(10,13)14/h2-4H,5-6,15H2,1H3. The summed E-state index contributed by atoms with van der Waals surface area (Å²) in [5.74, 6) is -2.32. The number of halogens is 3. The van der Waals surface area contributed by atoms with Gasteiger partial charge in [0, 0.05) is 13.0 Å². The van der Waals surface area contributed by atoms with E-state index in [0.717, 1.165) is 0 Å². The van der Waals surface area contributed by atoms with E-state index >= 15 is 0 Å². The van der Waals surface area contributed by atoms with Crippen LogP contribution in [0.3, 0.4) is 0 Å². The number of nitrogens with two attached hydrogens (primary N) is 1. The SMILES string of the molecule is COc1cc(C2(CN)CC2(F)F)ccc1Cl. The Morgan fingerprint density at radius 1 is 1.50 bits per heavy atom. The van der Waals surface area contributed by atoms with Crippen LogP contribution in [0.5, 0.6) is 5.75 Å². The highest BCUT2D eigenvalue weighted by molar-refractivity contribution is 6.32. The van der Waals surface area contributed by atoms with Gasteiger partial charge in [0.1, 0.15) is 5.75 Å². The first-order chi connectivity index (χ1) is 7.47. The largest absolute Gasteiger partial charge is 0.495 e. The minimum Gasteiger partial charge on any atom is -0.495 e. The first-order valence-electron chi connectivity index (χ1n) is 4.89. The lowest BCUT2D eigenvalue weighted by atomic mass is 9.95. The molecule has 0 aliphatic heterocycles. The van der Waals surface area contributed by atoms with E-state index in [-0.39, 0.29) is 13.0 Å². The Morgan fingerprint density at radius 2 is 2.12 bits per heavy atom. The summed E-state index contributed by atoms with van der Waals surface area (Å²) in [6.45, 7) is -0.0786. The van der Waals surface area contributed by atoms with Gasteiger partial charge in [-0.15, -0.1) is 0 Å². The lowest BCUT2D eigenvalue weighted by molar-refractivity contribution is 0.0896. The lowest BCUT2D eigenvalue weighted by Crippen LogP contribution is -2.26. The first-order valence-corrected chi connectivity index (χ1v) is 5.26. The van der Waals surface area contributed by atoms with Crippen LogP contribution < -0.4 is 10.5 Å². The molecule has 1 fully saturated rings. The van der Waals surface area contributed by atoms with Crippen LogP contribution >= 0.6 is 11.6 Å². The third-order valence-electron chi connectivity index (χ3n) is 3.15. The molecule has 1 aromatic carbocycles. The van der Waals surface area contributed by atoms with Crippen LogP contribution in [0.25, 0.3) is 0 Å². The molecule has 16 heavy (non-hydrogen) atoms. The van der Waals surface area contributed by atoms with Crippen LogP contribution in [-0.2, 0) is 5.41 Å². The summed E-state index contributed by atoms with van der Waals surface area (Å²) >= 11 is 5.84. The monoisotopic (exact) mass is 247 g/mol. The van der Waals surface area contributed by atoms with Gasteiger partial charge in [0.25, 0.3) is 5.92 Å². The van der Waals surface area contributed by atoms with E-state index in [2.05, 4.69) is 0 Å². The maximum Gasteiger partial charge on any atom is 0.260 e. The fraction of sp³-hybridized carbons (Fsp3) is 0.455. The van der Waals surface area contributed by atoms with Gasteiger partial charge in [-0.2, -0.15) is 0 Å². The smallest absolute Gasteiger partial charge is 0.260 e. The van der Waals surface area contributed by atoms with Crippen molar-refractivity contribution in [1.29, 1.82) is 0 Å². The minimum absolute atomic E-state index is 0.0786. The maximum atomic E-state index is 13.3. The highest BCUT2D eigenvalue weighted by Crippen LogP contribution is 2.61. The van der Waals surface area contributed by atoms with Gasteiger partial charge in [0.05, 0.1) is 17.5 Å². The molecule has 0 radical (unpaired) electrons. The van der Waals surface area contributed by atoms with Crippen molar-refractivity contribution in [2.75, 3.05) is 13.7 Å². The van der Waals surface area contributed by atoms with Crippen molar-refractivity contribution < 1.29 is 13.5 Å². The number of rotatable bonds is 3. The topological polar surface area (TPSA) is 35.2 Å². The van der Waals surface area contributed by atoms with Gasteiger partial charge in [-0.25, -0.2) is 8.78 Å². The number of methoxy groups -OCH3 is 1. The van der Waals surface area contributed by atoms with Crippen molar-refractivity contribution in [2.45, 2.75) is 17.8 Å². The Hall–Kier alpha value is -0.870. The highest BCUT2D eigenvalue weighted by Gasteiger charge is 2.71. The molecule has 1 aromatic rings. The third kappa shape index (κ3) is 1.48. The normalized spacial score (nSPS) is 26.6. The number of alkyl halides is 2. The van der Waals surface area contributed by atoms with Crippen LogP contribution in [0.2, 0.25) is 5.02 Å². The zero-order valence-electron chi connectivity index (χ0n) is 8.77. The van der Waals surface area contributed by atoms with Crippen molar-refractivity contribution in [2.24, 2.45) is 5.73 Å². The van der Waals surface area contributed by atoms with E-state index in [0.29, 0.717) is 16.3 Å². The van der Waals surface area contributed by atoms with E-state index in [9.17, 15) is 8.78 Å². The van der Waals surface area contributed by atoms with E-state index < -0.39 is 11.3 Å². The molecular weight excluding hydrogens is 236 g/mol. The van der Waals surface area contributed by atoms with Crippen molar-refractivity contribution >= 4 is 11.6 Å². The summed E-state index contributed by atoms with van der Waals surface area (Å²) in [5.41, 5.74) is 4.71. The average molecular weight is 248 g/mol. The molecule has 5 heteroatoms. The molecule has 1 atom stereocenters. The Bertz CT molecular complexity index is 424. The summed E-state index contributed by atoms with van der Waals surface area (Å²) < 4.78 is 31.6. The highest BCUT2D eigenvalue weighted by atomic mass is 35.5. The van der Waals surface area contributed by atoms with Gasteiger partial charge in [-0.05, 0) is 17.7 Å². The Balaban J connectivity index is 2.42. The number of hydrogen-bond donors (Lipinski definition) is 1. The van der Waals surface area contributed by atoms with Gasteiger partial charge >= 0.3 is 0 Å². The minimum atomic E-state index is -2.72. The molecule has 88 valence electrons. The van der Waals surface area contributed by atoms with E-state index in [1.807, 2.05) is 0 Å². The molecule has 0 amide bonds. The molecule has 1 aliphatic rings. The van der Waals surface area contributed by atoms with Crippen molar-refractivity contribution in [3.8, 4) is 5.75 Å². The first kappa shape index (κ1) is 11.6. The number of ether oxygens (including phenoxy) is 1.